The predicted octanol–water partition coefficient (Wildman–Crippen LogP) is 0.623. The van der Waals surface area contributed by atoms with Gasteiger partial charge in [0, 0.05) is 13.1 Å². The Morgan fingerprint density at radius 3 is 2.68 bits per heavy atom. The van der Waals surface area contributed by atoms with Crippen LogP contribution in [0, 0.1) is 5.92 Å². The zero-order chi connectivity index (χ0) is 14.0. The number of aromatic carboxylic acids is 1. The van der Waals surface area contributed by atoms with Crippen LogP contribution in [-0.2, 0) is 0 Å². The second-order valence-corrected chi connectivity index (χ2v) is 4.80. The Hall–Kier alpha value is -1.95. The summed E-state index contributed by atoms with van der Waals surface area (Å²) in [7, 11) is 0. The van der Waals surface area contributed by atoms with Gasteiger partial charge in [0.1, 0.15) is 11.4 Å². The van der Waals surface area contributed by atoms with Crippen LogP contribution in [0.15, 0.2) is 18.2 Å². The molecule has 2 N–H and O–H groups in total. The quantitative estimate of drug-likeness (QED) is 0.817. The third-order valence-electron chi connectivity index (χ3n) is 3.33. The Morgan fingerprint density at radius 1 is 1.37 bits per heavy atom. The summed E-state index contributed by atoms with van der Waals surface area (Å²) in [5, 5.41) is 18.5. The lowest BCUT2D eigenvalue weighted by Gasteiger charge is -2.34. The van der Waals surface area contributed by atoms with Gasteiger partial charge in [0.25, 0.3) is 5.91 Å². The molecule has 0 spiro atoms. The maximum absolute atomic E-state index is 12.2. The number of likely N-dealkylation sites (tertiary alicyclic amines) is 1. The van der Waals surface area contributed by atoms with Gasteiger partial charge in [-0.2, -0.15) is 0 Å². The predicted molar refractivity (Wildman–Crippen MR) is 66.9 cm³/mol. The number of aromatic nitrogens is 1. The van der Waals surface area contributed by atoms with E-state index in [0.717, 1.165) is 0 Å². The molecular weight excluding hydrogens is 248 g/mol. The van der Waals surface area contributed by atoms with Gasteiger partial charge in [0.05, 0.1) is 6.10 Å². The third-order valence-corrected chi connectivity index (χ3v) is 3.33. The molecule has 1 aliphatic rings. The fourth-order valence-corrected chi connectivity index (χ4v) is 2.15. The molecule has 2 atom stereocenters. The number of hydrogen-bond acceptors (Lipinski definition) is 4. The molecule has 6 heteroatoms. The molecule has 0 aliphatic carbocycles. The van der Waals surface area contributed by atoms with Crippen LogP contribution in [0.2, 0.25) is 0 Å². The number of carboxylic acids is 1. The van der Waals surface area contributed by atoms with Gasteiger partial charge in [-0.15, -0.1) is 0 Å². The first-order valence-corrected chi connectivity index (χ1v) is 6.16. The lowest BCUT2D eigenvalue weighted by molar-refractivity contribution is 0.0294. The third kappa shape index (κ3) is 2.90. The summed E-state index contributed by atoms with van der Waals surface area (Å²) in [5.74, 6) is -1.43. The first-order valence-electron chi connectivity index (χ1n) is 6.16. The Morgan fingerprint density at radius 2 is 2.05 bits per heavy atom. The molecule has 6 nitrogen and oxygen atoms in total. The molecule has 19 heavy (non-hydrogen) atoms. The van der Waals surface area contributed by atoms with Gasteiger partial charge in [-0.1, -0.05) is 13.0 Å². The molecule has 1 saturated heterocycles. The van der Waals surface area contributed by atoms with Crippen molar-refractivity contribution in [3.8, 4) is 0 Å². The summed E-state index contributed by atoms with van der Waals surface area (Å²) in [6, 6.07) is 4.36. The van der Waals surface area contributed by atoms with Crippen LogP contribution in [0.3, 0.4) is 0 Å². The summed E-state index contributed by atoms with van der Waals surface area (Å²) in [4.78, 5) is 28.5. The normalized spacial score (nSPS) is 23.2. The SMILES string of the molecule is CC1CN(C(=O)c2cccc(C(=O)O)n2)CCC1O. The highest BCUT2D eigenvalue weighted by Crippen LogP contribution is 2.18. The second kappa shape index (κ2) is 5.36. The van der Waals surface area contributed by atoms with E-state index in [9.17, 15) is 14.7 Å². The van der Waals surface area contributed by atoms with Crippen molar-refractivity contribution in [2.24, 2.45) is 5.92 Å². The number of carbonyl (C=O) groups excluding carboxylic acids is 1. The summed E-state index contributed by atoms with van der Waals surface area (Å²) < 4.78 is 0. The lowest BCUT2D eigenvalue weighted by Crippen LogP contribution is -2.45. The van der Waals surface area contributed by atoms with E-state index in [-0.39, 0.29) is 29.3 Å². The minimum Gasteiger partial charge on any atom is -0.477 e. The van der Waals surface area contributed by atoms with Crippen molar-refractivity contribution < 1.29 is 19.8 Å². The van der Waals surface area contributed by atoms with E-state index in [4.69, 9.17) is 5.11 Å². The Kier molecular flexibility index (Phi) is 3.80. The van der Waals surface area contributed by atoms with Crippen LogP contribution in [0.25, 0.3) is 0 Å². The number of rotatable bonds is 2. The Balaban J connectivity index is 2.16. The van der Waals surface area contributed by atoms with Gasteiger partial charge in [-0.3, -0.25) is 4.79 Å². The van der Waals surface area contributed by atoms with Crippen molar-refractivity contribution in [1.29, 1.82) is 0 Å². The van der Waals surface area contributed by atoms with E-state index in [0.29, 0.717) is 19.5 Å². The van der Waals surface area contributed by atoms with Crippen molar-refractivity contribution in [3.05, 3.63) is 29.6 Å². The number of carbonyl (C=O) groups is 2. The Labute approximate surface area is 110 Å². The second-order valence-electron chi connectivity index (χ2n) is 4.80. The van der Waals surface area contributed by atoms with Crippen LogP contribution < -0.4 is 0 Å². The fraction of sp³-hybridized carbons (Fsp3) is 0.462. The van der Waals surface area contributed by atoms with Gasteiger partial charge in [0.2, 0.25) is 0 Å². The van der Waals surface area contributed by atoms with Gasteiger partial charge < -0.3 is 15.1 Å². The number of hydrogen-bond donors (Lipinski definition) is 2. The minimum absolute atomic E-state index is 0.0142. The van der Waals surface area contributed by atoms with E-state index in [1.165, 1.54) is 18.2 Å². The van der Waals surface area contributed by atoms with E-state index >= 15 is 0 Å². The summed E-state index contributed by atoms with van der Waals surface area (Å²) in [6.45, 7) is 2.80. The first-order chi connectivity index (χ1) is 8.99. The molecule has 102 valence electrons. The van der Waals surface area contributed by atoms with Gasteiger partial charge >= 0.3 is 5.97 Å². The summed E-state index contributed by atoms with van der Waals surface area (Å²) in [6.07, 6.45) is 0.147. The molecule has 0 saturated carbocycles. The molecule has 1 aromatic heterocycles. The van der Waals surface area contributed by atoms with Crippen LogP contribution in [0.1, 0.15) is 34.3 Å². The van der Waals surface area contributed by atoms with Crippen molar-refractivity contribution in [3.63, 3.8) is 0 Å². The van der Waals surface area contributed by atoms with Gasteiger partial charge in [0.15, 0.2) is 0 Å². The minimum atomic E-state index is -1.16. The van der Waals surface area contributed by atoms with Crippen molar-refractivity contribution >= 4 is 11.9 Å². The number of amides is 1. The average Bonchev–Trinajstić information content (AvgIpc) is 2.41. The fourth-order valence-electron chi connectivity index (χ4n) is 2.15. The smallest absolute Gasteiger partial charge is 0.354 e. The molecule has 1 aromatic rings. The van der Waals surface area contributed by atoms with E-state index in [1.54, 1.807) is 4.90 Å². The van der Waals surface area contributed by atoms with Crippen molar-refractivity contribution in [1.82, 2.24) is 9.88 Å². The molecule has 2 rings (SSSR count). The zero-order valence-corrected chi connectivity index (χ0v) is 10.6. The topological polar surface area (TPSA) is 90.7 Å². The van der Waals surface area contributed by atoms with Crippen LogP contribution in [0.5, 0.6) is 0 Å². The van der Waals surface area contributed by atoms with E-state index in [2.05, 4.69) is 4.98 Å². The molecule has 1 aliphatic heterocycles. The van der Waals surface area contributed by atoms with Gasteiger partial charge in [-0.05, 0) is 24.5 Å². The highest BCUT2D eigenvalue weighted by atomic mass is 16.4. The molecule has 0 aromatic carbocycles. The molecule has 1 fully saturated rings. The molecule has 2 unspecified atom stereocenters. The monoisotopic (exact) mass is 264 g/mol. The van der Waals surface area contributed by atoms with E-state index in [1.807, 2.05) is 6.92 Å². The number of pyridine rings is 1. The molecule has 0 radical (unpaired) electrons. The number of aliphatic hydroxyl groups excluding tert-OH is 1. The maximum atomic E-state index is 12.2. The standard InChI is InChI=1S/C13H16N2O4/c1-8-7-15(6-5-11(8)16)12(17)9-3-2-4-10(14-9)13(18)19/h2-4,8,11,16H,5-7H2,1H3,(H,18,19). The summed E-state index contributed by atoms with van der Waals surface area (Å²) in [5.41, 5.74) is -0.0144. The molecule has 1 amide bonds. The maximum Gasteiger partial charge on any atom is 0.354 e. The van der Waals surface area contributed by atoms with Crippen LogP contribution in [0.4, 0.5) is 0 Å². The van der Waals surface area contributed by atoms with E-state index < -0.39 is 5.97 Å². The molecular formula is C13H16N2O4. The highest BCUT2D eigenvalue weighted by molar-refractivity contribution is 5.94. The average molecular weight is 264 g/mol. The number of carboxylic acid groups (broad SMARTS) is 1. The van der Waals surface area contributed by atoms with Crippen molar-refractivity contribution in [2.45, 2.75) is 19.4 Å². The molecule has 2 heterocycles. The summed E-state index contributed by atoms with van der Waals surface area (Å²) >= 11 is 0. The van der Waals surface area contributed by atoms with Crippen molar-refractivity contribution in [2.75, 3.05) is 13.1 Å². The number of nitrogens with zero attached hydrogens (tertiary/aromatic N) is 2. The zero-order valence-electron chi connectivity index (χ0n) is 10.6. The lowest BCUT2D eigenvalue weighted by atomic mass is 9.96. The largest absolute Gasteiger partial charge is 0.477 e. The first kappa shape index (κ1) is 13.5. The number of piperidine rings is 1. The number of aliphatic hydroxyl groups is 1. The highest BCUT2D eigenvalue weighted by Gasteiger charge is 2.28. The molecule has 0 bridgehead atoms. The van der Waals surface area contributed by atoms with Crippen LogP contribution in [-0.4, -0.2) is 51.2 Å². The Bertz CT molecular complexity index is 503. The van der Waals surface area contributed by atoms with Crippen LogP contribution >= 0.6 is 0 Å². The van der Waals surface area contributed by atoms with Gasteiger partial charge in [-0.25, -0.2) is 9.78 Å².